The fraction of sp³-hybridized carbons (Fsp3) is 0. The highest BCUT2D eigenvalue weighted by Gasteiger charge is 2.14. The molecule has 0 aliphatic carbocycles. The molecule has 0 nitrogen and oxygen atoms in total. The molecule has 0 aliphatic rings. The molecule has 0 bridgehead atoms. The molecule has 0 saturated heterocycles. The Labute approximate surface area is 99.5 Å². The van der Waals surface area contributed by atoms with E-state index in [9.17, 15) is 17.6 Å². The minimum absolute atomic E-state index is 0.0630. The Bertz CT molecular complexity index is 778. The van der Waals surface area contributed by atoms with Gasteiger partial charge in [-0.05, 0) is 46.5 Å². The Balaban J connectivity index is 2.49. The predicted octanol–water partition coefficient (Wildman–Crippen LogP) is 4.55. The highest BCUT2D eigenvalue weighted by molar-refractivity contribution is 5.98. The normalized spacial score (nSPS) is 11.3. The molecule has 0 amide bonds. The minimum atomic E-state index is -1.52. The molecule has 0 spiro atoms. The Hall–Kier alpha value is -2.10. The van der Waals surface area contributed by atoms with Gasteiger partial charge >= 0.3 is 0 Å². The Kier molecular flexibility index (Phi) is 2.26. The van der Waals surface area contributed by atoms with Crippen LogP contribution < -0.4 is 0 Å². The van der Waals surface area contributed by atoms with Crippen molar-refractivity contribution in [3.63, 3.8) is 0 Å². The highest BCUT2D eigenvalue weighted by atomic mass is 19.2. The molecular weight excluding hydrogens is 244 g/mol. The lowest BCUT2D eigenvalue weighted by Gasteiger charge is -2.05. The molecular formula is C14H6F4. The van der Waals surface area contributed by atoms with Crippen molar-refractivity contribution in [2.45, 2.75) is 0 Å². The van der Waals surface area contributed by atoms with E-state index in [1.54, 1.807) is 0 Å². The quantitative estimate of drug-likeness (QED) is 0.312. The first-order valence-electron chi connectivity index (χ1n) is 5.23. The summed E-state index contributed by atoms with van der Waals surface area (Å²) in [6.45, 7) is 0. The molecule has 0 radical (unpaired) electrons. The zero-order chi connectivity index (χ0) is 12.9. The van der Waals surface area contributed by atoms with Crippen LogP contribution in [0.25, 0.3) is 21.5 Å². The second kappa shape index (κ2) is 3.70. The van der Waals surface area contributed by atoms with Gasteiger partial charge in [-0.25, -0.2) is 17.6 Å². The first-order chi connectivity index (χ1) is 8.56. The van der Waals surface area contributed by atoms with Crippen molar-refractivity contribution in [2.24, 2.45) is 0 Å². The number of rotatable bonds is 0. The first-order valence-corrected chi connectivity index (χ1v) is 5.23. The van der Waals surface area contributed by atoms with Gasteiger partial charge in [-0.2, -0.15) is 0 Å². The maximum atomic E-state index is 13.6. The van der Waals surface area contributed by atoms with Crippen molar-refractivity contribution in [3.8, 4) is 0 Å². The van der Waals surface area contributed by atoms with E-state index >= 15 is 0 Å². The van der Waals surface area contributed by atoms with Gasteiger partial charge in [0.15, 0.2) is 17.5 Å². The van der Waals surface area contributed by atoms with Gasteiger partial charge in [0.1, 0.15) is 5.82 Å². The van der Waals surface area contributed by atoms with Gasteiger partial charge in [0, 0.05) is 5.39 Å². The topological polar surface area (TPSA) is 0 Å². The standard InChI is InChI=1S/C14H6F4/c15-10-2-1-7-3-9-6-12(16)14(18)13(17)11(9)5-8(7)4-10/h1-6H. The first kappa shape index (κ1) is 11.0. The number of benzene rings is 3. The number of hydrogen-bond acceptors (Lipinski definition) is 0. The summed E-state index contributed by atoms with van der Waals surface area (Å²) in [6, 6.07) is 7.71. The van der Waals surface area contributed by atoms with E-state index in [4.69, 9.17) is 0 Å². The van der Waals surface area contributed by atoms with E-state index in [1.807, 2.05) is 0 Å². The van der Waals surface area contributed by atoms with Crippen molar-refractivity contribution < 1.29 is 17.6 Å². The maximum Gasteiger partial charge on any atom is 0.195 e. The fourth-order valence-corrected chi connectivity index (χ4v) is 2.02. The van der Waals surface area contributed by atoms with Gasteiger partial charge in [0.2, 0.25) is 0 Å². The zero-order valence-corrected chi connectivity index (χ0v) is 8.98. The lowest BCUT2D eigenvalue weighted by atomic mass is 10.0. The molecule has 3 aromatic carbocycles. The Morgan fingerprint density at radius 1 is 0.611 bits per heavy atom. The molecule has 3 aromatic rings. The van der Waals surface area contributed by atoms with E-state index in [1.165, 1.54) is 30.3 Å². The third kappa shape index (κ3) is 1.53. The third-order valence-corrected chi connectivity index (χ3v) is 2.89. The van der Waals surface area contributed by atoms with Gasteiger partial charge in [-0.15, -0.1) is 0 Å². The van der Waals surface area contributed by atoms with Crippen molar-refractivity contribution in [3.05, 3.63) is 59.7 Å². The van der Waals surface area contributed by atoms with Crippen LogP contribution >= 0.6 is 0 Å². The maximum absolute atomic E-state index is 13.6. The average molecular weight is 250 g/mol. The van der Waals surface area contributed by atoms with Crippen molar-refractivity contribution >= 4 is 21.5 Å². The molecule has 0 N–H and O–H groups in total. The Morgan fingerprint density at radius 3 is 2.17 bits per heavy atom. The molecule has 0 heterocycles. The van der Waals surface area contributed by atoms with Gasteiger partial charge in [-0.3, -0.25) is 0 Å². The van der Waals surface area contributed by atoms with Crippen LogP contribution in [0.15, 0.2) is 36.4 Å². The predicted molar refractivity (Wildman–Crippen MR) is 61.3 cm³/mol. The molecule has 18 heavy (non-hydrogen) atoms. The van der Waals surface area contributed by atoms with Crippen LogP contribution in [-0.2, 0) is 0 Å². The van der Waals surface area contributed by atoms with Crippen LogP contribution in [0, 0.1) is 23.3 Å². The Morgan fingerprint density at radius 2 is 1.39 bits per heavy atom. The van der Waals surface area contributed by atoms with Crippen LogP contribution in [0.1, 0.15) is 0 Å². The van der Waals surface area contributed by atoms with E-state index in [-0.39, 0.29) is 10.8 Å². The fourth-order valence-electron chi connectivity index (χ4n) is 2.02. The summed E-state index contributed by atoms with van der Waals surface area (Å²) < 4.78 is 52.8. The lowest BCUT2D eigenvalue weighted by Crippen LogP contribution is -1.92. The molecule has 0 unspecified atom stereocenters. The molecule has 0 atom stereocenters. The monoisotopic (exact) mass is 250 g/mol. The van der Waals surface area contributed by atoms with Crippen molar-refractivity contribution in [2.75, 3.05) is 0 Å². The van der Waals surface area contributed by atoms with Crippen LogP contribution in [-0.4, -0.2) is 0 Å². The average Bonchev–Trinajstić information content (AvgIpc) is 2.35. The van der Waals surface area contributed by atoms with Crippen LogP contribution in [0.2, 0.25) is 0 Å². The highest BCUT2D eigenvalue weighted by Crippen LogP contribution is 2.28. The molecule has 90 valence electrons. The summed E-state index contributed by atoms with van der Waals surface area (Å²) in [5.74, 6) is -4.47. The SMILES string of the molecule is Fc1ccc2cc3cc(F)c(F)c(F)c3cc2c1. The largest absolute Gasteiger partial charge is 0.207 e. The van der Waals surface area contributed by atoms with Gasteiger partial charge in [0.05, 0.1) is 0 Å². The van der Waals surface area contributed by atoms with Gasteiger partial charge in [-0.1, -0.05) is 6.07 Å². The summed E-state index contributed by atoms with van der Waals surface area (Å²) in [6.07, 6.45) is 0. The number of fused-ring (bicyclic) bond motifs is 2. The summed E-state index contributed by atoms with van der Waals surface area (Å²) in [5.41, 5.74) is 0. The minimum Gasteiger partial charge on any atom is -0.207 e. The van der Waals surface area contributed by atoms with E-state index in [0.717, 1.165) is 6.07 Å². The van der Waals surface area contributed by atoms with Crippen molar-refractivity contribution in [1.82, 2.24) is 0 Å². The molecule has 0 aliphatic heterocycles. The lowest BCUT2D eigenvalue weighted by molar-refractivity contribution is 0.453. The van der Waals surface area contributed by atoms with E-state index in [0.29, 0.717) is 10.8 Å². The summed E-state index contributed by atoms with van der Waals surface area (Å²) in [4.78, 5) is 0. The van der Waals surface area contributed by atoms with Gasteiger partial charge < -0.3 is 0 Å². The van der Waals surface area contributed by atoms with E-state index < -0.39 is 23.3 Å². The van der Waals surface area contributed by atoms with Gasteiger partial charge in [0.25, 0.3) is 0 Å². The molecule has 4 heteroatoms. The van der Waals surface area contributed by atoms with Crippen LogP contribution in [0.4, 0.5) is 17.6 Å². The van der Waals surface area contributed by atoms with Crippen LogP contribution in [0.5, 0.6) is 0 Å². The smallest absolute Gasteiger partial charge is 0.195 e. The van der Waals surface area contributed by atoms with Crippen LogP contribution in [0.3, 0.4) is 0 Å². The number of hydrogen-bond donors (Lipinski definition) is 0. The summed E-state index contributed by atoms with van der Waals surface area (Å²) in [5, 5.41) is 1.25. The second-order valence-electron chi connectivity index (χ2n) is 4.05. The number of halogens is 4. The molecule has 3 rings (SSSR count). The van der Waals surface area contributed by atoms with E-state index in [2.05, 4.69) is 0 Å². The third-order valence-electron chi connectivity index (χ3n) is 2.89. The molecule has 0 fully saturated rings. The molecule has 0 aromatic heterocycles. The summed E-state index contributed by atoms with van der Waals surface area (Å²) >= 11 is 0. The second-order valence-corrected chi connectivity index (χ2v) is 4.05. The summed E-state index contributed by atoms with van der Waals surface area (Å²) in [7, 11) is 0. The van der Waals surface area contributed by atoms with Crippen molar-refractivity contribution in [1.29, 1.82) is 0 Å². The molecule has 0 saturated carbocycles. The zero-order valence-electron chi connectivity index (χ0n) is 8.98.